The number of rotatable bonds is 3. The van der Waals surface area contributed by atoms with Gasteiger partial charge in [-0.2, -0.15) is 0 Å². The molecule has 0 aliphatic heterocycles. The van der Waals surface area contributed by atoms with Gasteiger partial charge < -0.3 is 19.3 Å². The highest BCUT2D eigenvalue weighted by molar-refractivity contribution is 7.80. The molecule has 0 bridgehead atoms. The number of carbonyl (C=O) groups is 1. The predicted molar refractivity (Wildman–Crippen MR) is 90.3 cm³/mol. The van der Waals surface area contributed by atoms with E-state index in [1.54, 1.807) is 56.2 Å². The zero-order valence-corrected chi connectivity index (χ0v) is 14.3. The summed E-state index contributed by atoms with van der Waals surface area (Å²) in [5.74, 6) is 0.686. The fourth-order valence-corrected chi connectivity index (χ4v) is 1.44. The summed E-state index contributed by atoms with van der Waals surface area (Å²) in [5, 5.41) is 0.544. The van der Waals surface area contributed by atoms with Gasteiger partial charge in [0.1, 0.15) is 0 Å². The largest absolute Gasteiger partial charge is 0.428 e. The summed E-state index contributed by atoms with van der Waals surface area (Å²) < 4.78 is 11.1. The Labute approximate surface area is 135 Å². The Bertz CT molecular complexity index is 571. The molecular weight excluding hydrogens is 308 g/mol. The summed E-state index contributed by atoms with van der Waals surface area (Å²) in [7, 11) is 7.08. The molecule has 1 aromatic rings. The number of thiocarbonyl (C=S) groups is 2. The van der Waals surface area contributed by atoms with Crippen LogP contribution in [0.1, 0.15) is 17.3 Å². The summed E-state index contributed by atoms with van der Waals surface area (Å²) in [4.78, 5) is 14.8. The highest BCUT2D eigenvalue weighted by Crippen LogP contribution is 2.29. The number of ether oxygens (including phenoxy) is 2. The van der Waals surface area contributed by atoms with Gasteiger partial charge in [0.15, 0.2) is 17.3 Å². The summed E-state index contributed by atoms with van der Waals surface area (Å²) >= 11 is 10.2. The van der Waals surface area contributed by atoms with Crippen molar-refractivity contribution in [2.45, 2.75) is 6.92 Å². The molecule has 5 nitrogen and oxygen atoms in total. The summed E-state index contributed by atoms with van der Waals surface area (Å²) in [6, 6.07) is 4.88. The van der Waals surface area contributed by atoms with Crippen LogP contribution in [0.25, 0.3) is 0 Å². The van der Waals surface area contributed by atoms with E-state index in [1.807, 2.05) is 0 Å². The van der Waals surface area contributed by atoms with E-state index >= 15 is 0 Å². The van der Waals surface area contributed by atoms with Gasteiger partial charge in [0.2, 0.25) is 0 Å². The van der Waals surface area contributed by atoms with Crippen LogP contribution in [0.2, 0.25) is 0 Å². The number of nitrogens with zero attached hydrogens (tertiary/aromatic N) is 2. The number of Topliss-reactive ketones (excluding diaryl/α,β-unsaturated/α-hetero) is 1. The van der Waals surface area contributed by atoms with Gasteiger partial charge in [0, 0.05) is 33.8 Å². The Hall–Kier alpha value is -1.73. The normalized spacial score (nSPS) is 9.76. The van der Waals surface area contributed by atoms with E-state index < -0.39 is 0 Å². The van der Waals surface area contributed by atoms with Crippen LogP contribution in [0.3, 0.4) is 0 Å². The number of hydrogen-bond acceptors (Lipinski definition) is 5. The van der Waals surface area contributed by atoms with E-state index in [9.17, 15) is 4.79 Å². The fraction of sp³-hybridized carbons (Fsp3) is 0.357. The van der Waals surface area contributed by atoms with Crippen molar-refractivity contribution < 1.29 is 14.3 Å². The molecule has 0 spiro atoms. The molecule has 0 heterocycles. The molecule has 0 unspecified atom stereocenters. The van der Waals surface area contributed by atoms with Gasteiger partial charge in [-0.15, -0.1) is 0 Å². The molecular formula is C14H18N2O3S2. The predicted octanol–water partition coefficient (Wildman–Crippen LogP) is 2.34. The topological polar surface area (TPSA) is 42.0 Å². The number of ketones is 1. The third-order valence-corrected chi connectivity index (χ3v) is 3.37. The maximum absolute atomic E-state index is 11.5. The minimum absolute atomic E-state index is 0.0719. The smallest absolute Gasteiger partial charge is 0.264 e. The second-order valence-electron chi connectivity index (χ2n) is 4.74. The van der Waals surface area contributed by atoms with Crippen molar-refractivity contribution in [3.8, 4) is 11.5 Å². The molecule has 0 N–H and O–H groups in total. The lowest BCUT2D eigenvalue weighted by Crippen LogP contribution is -2.27. The Balaban J connectivity index is 3.13. The molecule has 1 rings (SSSR count). The maximum Gasteiger partial charge on any atom is 0.264 e. The highest BCUT2D eigenvalue weighted by Gasteiger charge is 2.14. The van der Waals surface area contributed by atoms with Crippen LogP contribution in [-0.4, -0.2) is 54.1 Å². The van der Waals surface area contributed by atoms with E-state index in [1.165, 1.54) is 6.92 Å². The number of benzene rings is 1. The van der Waals surface area contributed by atoms with E-state index in [0.717, 1.165) is 0 Å². The average Bonchev–Trinajstić information content (AvgIpc) is 2.39. The molecule has 114 valence electrons. The molecule has 21 heavy (non-hydrogen) atoms. The third-order valence-electron chi connectivity index (χ3n) is 2.48. The SMILES string of the molecule is CC(=O)c1ccc(OC(=S)N(C)C)c(OC(=S)N(C)C)c1. The fourth-order valence-electron chi connectivity index (χ4n) is 1.26. The molecule has 7 heteroatoms. The van der Waals surface area contributed by atoms with E-state index in [-0.39, 0.29) is 16.1 Å². The average molecular weight is 326 g/mol. The summed E-state index contributed by atoms with van der Waals surface area (Å²) in [6.07, 6.45) is 0. The highest BCUT2D eigenvalue weighted by atomic mass is 32.1. The first-order chi connectivity index (χ1) is 9.72. The monoisotopic (exact) mass is 326 g/mol. The molecule has 1 aromatic carbocycles. The first kappa shape index (κ1) is 17.3. The second kappa shape index (κ2) is 7.33. The second-order valence-corrected chi connectivity index (χ2v) is 5.44. The quantitative estimate of drug-likeness (QED) is 0.624. The molecule has 0 radical (unpaired) electrons. The van der Waals surface area contributed by atoms with Gasteiger partial charge in [0.25, 0.3) is 10.3 Å². The Kier molecular flexibility index (Phi) is 6.04. The zero-order valence-electron chi connectivity index (χ0n) is 12.7. The van der Waals surface area contributed by atoms with Crippen LogP contribution < -0.4 is 9.47 Å². The van der Waals surface area contributed by atoms with Crippen molar-refractivity contribution in [3.05, 3.63) is 23.8 Å². The Morgan fingerprint density at radius 2 is 1.43 bits per heavy atom. The van der Waals surface area contributed by atoms with Gasteiger partial charge in [-0.1, -0.05) is 0 Å². The van der Waals surface area contributed by atoms with Crippen molar-refractivity contribution in [1.82, 2.24) is 9.80 Å². The van der Waals surface area contributed by atoms with Crippen LogP contribution in [0.5, 0.6) is 11.5 Å². The maximum atomic E-state index is 11.5. The first-order valence-electron chi connectivity index (χ1n) is 6.15. The summed E-state index contributed by atoms with van der Waals surface area (Å²) in [6.45, 7) is 1.48. The summed E-state index contributed by atoms with van der Waals surface area (Å²) in [5.41, 5.74) is 0.509. The molecule has 0 aliphatic rings. The van der Waals surface area contributed by atoms with Gasteiger partial charge >= 0.3 is 0 Å². The number of carbonyl (C=O) groups excluding carboxylic acids is 1. The van der Waals surface area contributed by atoms with Crippen LogP contribution in [0, 0.1) is 0 Å². The van der Waals surface area contributed by atoms with Crippen LogP contribution in [-0.2, 0) is 0 Å². The molecule has 0 aromatic heterocycles. The van der Waals surface area contributed by atoms with Crippen molar-refractivity contribution in [1.29, 1.82) is 0 Å². The molecule has 0 atom stereocenters. The minimum atomic E-state index is -0.0719. The van der Waals surface area contributed by atoms with Crippen LogP contribution >= 0.6 is 24.4 Å². The van der Waals surface area contributed by atoms with Crippen LogP contribution in [0.15, 0.2) is 18.2 Å². The van der Waals surface area contributed by atoms with Gasteiger partial charge in [-0.05, 0) is 49.6 Å². The van der Waals surface area contributed by atoms with E-state index in [0.29, 0.717) is 17.1 Å². The van der Waals surface area contributed by atoms with Crippen molar-refractivity contribution in [2.75, 3.05) is 28.2 Å². The van der Waals surface area contributed by atoms with Crippen molar-refractivity contribution in [2.24, 2.45) is 0 Å². The van der Waals surface area contributed by atoms with Gasteiger partial charge in [-0.3, -0.25) is 4.79 Å². The minimum Gasteiger partial charge on any atom is -0.428 e. The Morgan fingerprint density at radius 1 is 0.952 bits per heavy atom. The molecule has 0 amide bonds. The molecule has 0 saturated carbocycles. The lowest BCUT2D eigenvalue weighted by atomic mass is 10.1. The first-order valence-corrected chi connectivity index (χ1v) is 6.97. The number of hydrogen-bond donors (Lipinski definition) is 0. The van der Waals surface area contributed by atoms with Crippen LogP contribution in [0.4, 0.5) is 0 Å². The molecule has 0 fully saturated rings. The van der Waals surface area contributed by atoms with Gasteiger partial charge in [0.05, 0.1) is 0 Å². The van der Waals surface area contributed by atoms with Crippen molar-refractivity contribution >= 4 is 40.6 Å². The molecule has 0 saturated heterocycles. The van der Waals surface area contributed by atoms with Crippen molar-refractivity contribution in [3.63, 3.8) is 0 Å². The standard InChI is InChI=1S/C14H18N2O3S2/c1-9(17)10-6-7-11(18-13(20)15(2)3)12(8-10)19-14(21)16(4)5/h6-8H,1-5H3. The van der Waals surface area contributed by atoms with E-state index in [2.05, 4.69) is 0 Å². The lowest BCUT2D eigenvalue weighted by molar-refractivity contribution is 0.101. The third kappa shape index (κ3) is 4.95. The Morgan fingerprint density at radius 3 is 1.86 bits per heavy atom. The van der Waals surface area contributed by atoms with Gasteiger partial charge in [-0.25, -0.2) is 0 Å². The molecule has 0 aliphatic carbocycles. The lowest BCUT2D eigenvalue weighted by Gasteiger charge is -2.19. The zero-order chi connectivity index (χ0) is 16.2. The van der Waals surface area contributed by atoms with E-state index in [4.69, 9.17) is 33.9 Å².